The molecule has 0 bridgehead atoms. The molecule has 0 aliphatic heterocycles. The van der Waals surface area contributed by atoms with Gasteiger partial charge in [0.05, 0.1) is 11.6 Å². The summed E-state index contributed by atoms with van der Waals surface area (Å²) in [5.41, 5.74) is 0.767. The molecule has 0 aliphatic carbocycles. The van der Waals surface area contributed by atoms with Crippen molar-refractivity contribution in [1.82, 2.24) is 0 Å². The van der Waals surface area contributed by atoms with E-state index < -0.39 is 17.7 Å². The molecule has 25 heavy (non-hydrogen) atoms. The van der Waals surface area contributed by atoms with Gasteiger partial charge in [0.25, 0.3) is 0 Å². The van der Waals surface area contributed by atoms with Gasteiger partial charge in [-0.05, 0) is 36.4 Å². The first-order valence-electron chi connectivity index (χ1n) is 7.41. The number of para-hydroxylation sites is 1. The molecule has 2 aromatic rings. The van der Waals surface area contributed by atoms with Crippen molar-refractivity contribution >= 4 is 17.6 Å². The molecule has 0 radical (unpaired) electrons. The highest BCUT2D eigenvalue weighted by Crippen LogP contribution is 2.15. The highest BCUT2D eigenvalue weighted by Gasteiger charge is 2.08. The Hall–Kier alpha value is -3.40. The van der Waals surface area contributed by atoms with E-state index in [0.717, 1.165) is 0 Å². The van der Waals surface area contributed by atoms with E-state index in [0.29, 0.717) is 11.3 Å². The summed E-state index contributed by atoms with van der Waals surface area (Å²) in [6, 6.07) is 13.7. The number of ether oxygens (including phenoxy) is 2. The molecule has 0 saturated carbocycles. The van der Waals surface area contributed by atoms with E-state index in [1.54, 1.807) is 18.2 Å². The van der Waals surface area contributed by atoms with Gasteiger partial charge in [0.15, 0.2) is 11.6 Å². The Labute approximate surface area is 143 Å². The van der Waals surface area contributed by atoms with Crippen LogP contribution in [0.15, 0.2) is 48.5 Å². The maximum atomic E-state index is 13.3. The first-order chi connectivity index (χ1) is 12.1. The second-order valence-corrected chi connectivity index (χ2v) is 4.88. The van der Waals surface area contributed by atoms with Crippen molar-refractivity contribution in [3.05, 3.63) is 59.9 Å². The van der Waals surface area contributed by atoms with Crippen LogP contribution in [0.1, 0.15) is 16.8 Å². The number of hydrogen-bond donors (Lipinski definition) is 1. The zero-order valence-corrected chi connectivity index (χ0v) is 13.2. The molecule has 0 aromatic heterocycles. The lowest BCUT2D eigenvalue weighted by atomic mass is 10.2. The van der Waals surface area contributed by atoms with Crippen molar-refractivity contribution in [1.29, 1.82) is 5.26 Å². The number of esters is 1. The maximum Gasteiger partial charge on any atom is 0.338 e. The standard InChI is InChI=1S/C18H15FN2O4/c19-15-3-1-2-4-16(15)24-11-12-25-18(23)13-5-7-14(8-6-13)21-17(22)9-10-20/h1-8H,9,11-12H2,(H,21,22). The zero-order chi connectivity index (χ0) is 18.1. The lowest BCUT2D eigenvalue weighted by Crippen LogP contribution is -2.13. The molecule has 0 atom stereocenters. The van der Waals surface area contributed by atoms with Crippen molar-refractivity contribution < 1.29 is 23.5 Å². The molecule has 0 saturated heterocycles. The monoisotopic (exact) mass is 342 g/mol. The van der Waals surface area contributed by atoms with Gasteiger partial charge < -0.3 is 14.8 Å². The van der Waals surface area contributed by atoms with Crippen LogP contribution >= 0.6 is 0 Å². The van der Waals surface area contributed by atoms with Crippen LogP contribution < -0.4 is 10.1 Å². The van der Waals surface area contributed by atoms with Crippen LogP contribution in [-0.4, -0.2) is 25.1 Å². The Morgan fingerprint density at radius 1 is 1.08 bits per heavy atom. The van der Waals surface area contributed by atoms with Crippen LogP contribution in [0, 0.1) is 17.1 Å². The van der Waals surface area contributed by atoms with E-state index in [1.807, 2.05) is 0 Å². The van der Waals surface area contributed by atoms with Gasteiger partial charge in [0.2, 0.25) is 5.91 Å². The summed E-state index contributed by atoms with van der Waals surface area (Å²) in [5, 5.41) is 10.9. The molecular formula is C18H15FN2O4. The van der Waals surface area contributed by atoms with Crippen LogP contribution in [0.3, 0.4) is 0 Å². The predicted molar refractivity (Wildman–Crippen MR) is 87.5 cm³/mol. The molecule has 2 aromatic carbocycles. The molecule has 7 heteroatoms. The highest BCUT2D eigenvalue weighted by atomic mass is 19.1. The van der Waals surface area contributed by atoms with Gasteiger partial charge in [-0.1, -0.05) is 12.1 Å². The fourth-order valence-electron chi connectivity index (χ4n) is 1.90. The Balaban J connectivity index is 1.78. The van der Waals surface area contributed by atoms with Gasteiger partial charge in [0, 0.05) is 5.69 Å². The number of carbonyl (C=O) groups is 2. The van der Waals surface area contributed by atoms with Crippen LogP contribution in [-0.2, 0) is 9.53 Å². The average molecular weight is 342 g/mol. The van der Waals surface area contributed by atoms with Crippen molar-refractivity contribution in [3.63, 3.8) is 0 Å². The summed E-state index contributed by atoms with van der Waals surface area (Å²) in [5.74, 6) is -1.38. The first kappa shape index (κ1) is 17.9. The number of amides is 1. The summed E-state index contributed by atoms with van der Waals surface area (Å²) >= 11 is 0. The Morgan fingerprint density at radius 2 is 1.80 bits per heavy atom. The maximum absolute atomic E-state index is 13.3. The smallest absolute Gasteiger partial charge is 0.338 e. The number of anilines is 1. The van der Waals surface area contributed by atoms with E-state index in [4.69, 9.17) is 14.7 Å². The summed E-state index contributed by atoms with van der Waals surface area (Å²) in [6.07, 6.45) is -0.244. The number of nitriles is 1. The second-order valence-electron chi connectivity index (χ2n) is 4.88. The van der Waals surface area contributed by atoms with Crippen LogP contribution in [0.2, 0.25) is 0 Å². The van der Waals surface area contributed by atoms with Crippen molar-refractivity contribution in [3.8, 4) is 11.8 Å². The van der Waals surface area contributed by atoms with E-state index in [-0.39, 0.29) is 25.4 Å². The molecule has 0 unspecified atom stereocenters. The summed E-state index contributed by atoms with van der Waals surface area (Å²) in [6.45, 7) is -0.0111. The molecule has 1 N–H and O–H groups in total. The van der Waals surface area contributed by atoms with Gasteiger partial charge in [-0.15, -0.1) is 0 Å². The number of nitrogens with zero attached hydrogens (tertiary/aromatic N) is 1. The summed E-state index contributed by atoms with van der Waals surface area (Å²) in [7, 11) is 0. The lowest BCUT2D eigenvalue weighted by Gasteiger charge is -2.08. The second kappa shape index (κ2) is 9.03. The summed E-state index contributed by atoms with van der Waals surface area (Å²) in [4.78, 5) is 23.2. The molecule has 128 valence electrons. The number of hydrogen-bond acceptors (Lipinski definition) is 5. The lowest BCUT2D eigenvalue weighted by molar-refractivity contribution is -0.115. The number of benzene rings is 2. The molecular weight excluding hydrogens is 327 g/mol. The Bertz CT molecular complexity index is 784. The van der Waals surface area contributed by atoms with Crippen LogP contribution in [0.25, 0.3) is 0 Å². The molecule has 0 aliphatic rings. The third-order valence-corrected chi connectivity index (χ3v) is 3.05. The van der Waals surface area contributed by atoms with E-state index in [2.05, 4.69) is 5.32 Å². The Kier molecular flexibility index (Phi) is 6.48. The van der Waals surface area contributed by atoms with Gasteiger partial charge in [0.1, 0.15) is 19.6 Å². The zero-order valence-electron chi connectivity index (χ0n) is 13.2. The van der Waals surface area contributed by atoms with Gasteiger partial charge in [-0.3, -0.25) is 4.79 Å². The van der Waals surface area contributed by atoms with Crippen molar-refractivity contribution in [2.45, 2.75) is 6.42 Å². The fraction of sp³-hybridized carbons (Fsp3) is 0.167. The fourth-order valence-corrected chi connectivity index (χ4v) is 1.90. The van der Waals surface area contributed by atoms with Gasteiger partial charge >= 0.3 is 5.97 Å². The van der Waals surface area contributed by atoms with E-state index in [1.165, 1.54) is 36.4 Å². The quantitative estimate of drug-likeness (QED) is 0.617. The minimum absolute atomic E-state index is 0.0228. The minimum atomic E-state index is -0.563. The topological polar surface area (TPSA) is 88.4 Å². The predicted octanol–water partition coefficient (Wildman–Crippen LogP) is 2.91. The Morgan fingerprint density at radius 3 is 2.48 bits per heavy atom. The first-order valence-corrected chi connectivity index (χ1v) is 7.41. The SMILES string of the molecule is N#CCC(=O)Nc1ccc(C(=O)OCCOc2ccccc2F)cc1. The third-order valence-electron chi connectivity index (χ3n) is 3.05. The molecule has 6 nitrogen and oxygen atoms in total. The third kappa shape index (κ3) is 5.62. The van der Waals surface area contributed by atoms with Crippen LogP contribution in [0.4, 0.5) is 10.1 Å². The van der Waals surface area contributed by atoms with E-state index in [9.17, 15) is 14.0 Å². The molecule has 0 heterocycles. The number of halogens is 1. The molecule has 0 spiro atoms. The highest BCUT2D eigenvalue weighted by molar-refractivity contribution is 5.93. The van der Waals surface area contributed by atoms with Gasteiger partial charge in [-0.2, -0.15) is 5.26 Å². The molecule has 1 amide bonds. The average Bonchev–Trinajstić information content (AvgIpc) is 2.61. The van der Waals surface area contributed by atoms with Crippen molar-refractivity contribution in [2.24, 2.45) is 0 Å². The van der Waals surface area contributed by atoms with Crippen molar-refractivity contribution in [2.75, 3.05) is 18.5 Å². The van der Waals surface area contributed by atoms with Crippen LogP contribution in [0.5, 0.6) is 5.75 Å². The number of nitrogens with one attached hydrogen (secondary N) is 1. The molecule has 0 fully saturated rings. The number of carbonyl (C=O) groups excluding carboxylic acids is 2. The normalized spacial score (nSPS) is 9.76. The molecule has 2 rings (SSSR count). The number of rotatable bonds is 7. The largest absolute Gasteiger partial charge is 0.487 e. The van der Waals surface area contributed by atoms with Gasteiger partial charge in [-0.25, -0.2) is 9.18 Å². The van der Waals surface area contributed by atoms with E-state index >= 15 is 0 Å². The minimum Gasteiger partial charge on any atom is -0.487 e. The summed E-state index contributed by atoms with van der Waals surface area (Å²) < 4.78 is 23.6.